The summed E-state index contributed by atoms with van der Waals surface area (Å²) in [5, 5.41) is 16.6. The molecule has 2 rings (SSSR count). The van der Waals surface area contributed by atoms with E-state index in [1.165, 1.54) is 18.2 Å². The molecule has 0 atom stereocenters. The summed E-state index contributed by atoms with van der Waals surface area (Å²) < 4.78 is 38.6. The third-order valence-corrected chi connectivity index (χ3v) is 3.57. The molecule has 0 radical (unpaired) electrons. The molecule has 0 bridgehead atoms. The second-order valence-corrected chi connectivity index (χ2v) is 5.15. The average molecular weight is 393 g/mol. The Balaban J connectivity index is 2.39. The van der Waals surface area contributed by atoms with E-state index in [9.17, 15) is 28.1 Å². The van der Waals surface area contributed by atoms with Crippen LogP contribution in [0.3, 0.4) is 0 Å². The lowest BCUT2D eigenvalue weighted by Gasteiger charge is -2.06. The molecule has 2 aromatic rings. The van der Waals surface area contributed by atoms with E-state index in [0.717, 1.165) is 13.1 Å². The van der Waals surface area contributed by atoms with Crippen molar-refractivity contribution < 1.29 is 22.9 Å². The summed E-state index contributed by atoms with van der Waals surface area (Å²) in [5.41, 5.74) is -2.19. The maximum absolute atomic E-state index is 12.9. The molecule has 23 heavy (non-hydrogen) atoms. The normalized spacial score (nSPS) is 11.3. The van der Waals surface area contributed by atoms with Crippen LogP contribution in [0.2, 0.25) is 0 Å². The summed E-state index contributed by atoms with van der Waals surface area (Å²) in [4.78, 5) is 22.3. The zero-order valence-electron chi connectivity index (χ0n) is 11.4. The van der Waals surface area contributed by atoms with Crippen LogP contribution in [-0.2, 0) is 13.2 Å². The van der Waals surface area contributed by atoms with E-state index in [1.54, 1.807) is 0 Å². The van der Waals surface area contributed by atoms with Crippen LogP contribution < -0.4 is 5.32 Å². The van der Waals surface area contributed by atoms with Gasteiger partial charge in [0.15, 0.2) is 11.4 Å². The molecular weight excluding hydrogens is 385 g/mol. The molecule has 122 valence electrons. The number of benzene rings is 1. The molecule has 0 aliphatic rings. The van der Waals surface area contributed by atoms with Gasteiger partial charge in [-0.1, -0.05) is 12.1 Å². The van der Waals surface area contributed by atoms with Gasteiger partial charge in [0.05, 0.1) is 9.40 Å². The first kappa shape index (κ1) is 16.9. The molecule has 1 amide bonds. The van der Waals surface area contributed by atoms with E-state index in [4.69, 9.17) is 0 Å². The highest BCUT2D eigenvalue weighted by molar-refractivity contribution is 9.10. The monoisotopic (exact) mass is 392 g/mol. The van der Waals surface area contributed by atoms with Gasteiger partial charge >= 0.3 is 6.18 Å². The number of rotatable bonds is 3. The Labute approximate surface area is 135 Å². The van der Waals surface area contributed by atoms with E-state index in [-0.39, 0.29) is 11.4 Å². The Morgan fingerprint density at radius 2 is 2.00 bits per heavy atom. The zero-order chi connectivity index (χ0) is 17.4. The third-order valence-electron chi connectivity index (χ3n) is 2.82. The van der Waals surface area contributed by atoms with Crippen LogP contribution in [0.1, 0.15) is 16.2 Å². The molecule has 0 spiro atoms. The molecule has 0 aliphatic heterocycles. The lowest BCUT2D eigenvalue weighted by atomic mass is 10.2. The number of nitro groups is 1. The van der Waals surface area contributed by atoms with Gasteiger partial charge in [-0.25, -0.2) is 0 Å². The molecule has 0 fully saturated rings. The first-order valence-electron chi connectivity index (χ1n) is 5.97. The van der Waals surface area contributed by atoms with Crippen molar-refractivity contribution in [1.82, 2.24) is 9.78 Å². The molecule has 0 saturated heterocycles. The lowest BCUT2D eigenvalue weighted by molar-refractivity contribution is -0.383. The first-order chi connectivity index (χ1) is 10.6. The van der Waals surface area contributed by atoms with Crippen molar-refractivity contribution >= 4 is 33.2 Å². The molecule has 11 heteroatoms. The van der Waals surface area contributed by atoms with Crippen LogP contribution >= 0.6 is 15.9 Å². The number of amides is 1. The minimum absolute atomic E-state index is 0.145. The van der Waals surface area contributed by atoms with Gasteiger partial charge in [0, 0.05) is 13.1 Å². The highest BCUT2D eigenvalue weighted by Gasteiger charge is 2.39. The van der Waals surface area contributed by atoms with Crippen molar-refractivity contribution in [3.05, 3.63) is 50.2 Å². The van der Waals surface area contributed by atoms with Gasteiger partial charge in [-0.3, -0.25) is 19.6 Å². The fourth-order valence-corrected chi connectivity index (χ4v) is 2.61. The Morgan fingerprint density at radius 1 is 1.39 bits per heavy atom. The van der Waals surface area contributed by atoms with Gasteiger partial charge in [-0.05, 0) is 22.0 Å². The van der Waals surface area contributed by atoms with Crippen molar-refractivity contribution in [2.75, 3.05) is 5.32 Å². The van der Waals surface area contributed by atoms with E-state index in [2.05, 4.69) is 26.3 Å². The van der Waals surface area contributed by atoms with Gasteiger partial charge in [0.2, 0.25) is 0 Å². The van der Waals surface area contributed by atoms with Gasteiger partial charge in [0.1, 0.15) is 5.69 Å². The second kappa shape index (κ2) is 5.99. The Bertz CT molecular complexity index is 788. The zero-order valence-corrected chi connectivity index (χ0v) is 13.0. The van der Waals surface area contributed by atoms with E-state index < -0.39 is 32.9 Å². The summed E-state index contributed by atoms with van der Waals surface area (Å²) in [7, 11) is 1.04. The molecule has 1 N–H and O–H groups in total. The number of para-hydroxylation sites is 2. The number of hydrogen-bond donors (Lipinski definition) is 1. The smallest absolute Gasteiger partial charge is 0.315 e. The fraction of sp³-hybridized carbons (Fsp3) is 0.167. The molecule has 7 nitrogen and oxygen atoms in total. The Kier molecular flexibility index (Phi) is 4.41. The third kappa shape index (κ3) is 3.33. The van der Waals surface area contributed by atoms with Crippen LogP contribution in [0.5, 0.6) is 0 Å². The van der Waals surface area contributed by atoms with Crippen molar-refractivity contribution in [3.63, 3.8) is 0 Å². The summed E-state index contributed by atoms with van der Waals surface area (Å²) in [6, 6.07) is 5.26. The number of carbonyl (C=O) groups is 1. The second-order valence-electron chi connectivity index (χ2n) is 4.36. The number of alkyl halides is 3. The highest BCUT2D eigenvalue weighted by atomic mass is 79.9. The quantitative estimate of drug-likeness (QED) is 0.640. The number of halogens is 4. The van der Waals surface area contributed by atoms with Crippen LogP contribution in [0.25, 0.3) is 0 Å². The number of anilines is 1. The number of hydrogen-bond acceptors (Lipinski definition) is 4. The predicted octanol–water partition coefficient (Wildman–Crippen LogP) is 3.36. The minimum atomic E-state index is -4.71. The minimum Gasteiger partial charge on any atom is -0.315 e. The van der Waals surface area contributed by atoms with Gasteiger partial charge < -0.3 is 5.32 Å². The predicted molar refractivity (Wildman–Crippen MR) is 77.0 cm³/mol. The fourth-order valence-electron chi connectivity index (χ4n) is 1.87. The summed E-state index contributed by atoms with van der Waals surface area (Å²) in [6.07, 6.45) is -4.71. The van der Waals surface area contributed by atoms with Crippen LogP contribution in [0.4, 0.5) is 24.5 Å². The number of nitro benzene ring substituents is 1. The Hall–Kier alpha value is -2.43. The highest BCUT2D eigenvalue weighted by Crippen LogP contribution is 2.36. The van der Waals surface area contributed by atoms with Gasteiger partial charge in [0.25, 0.3) is 11.6 Å². The maximum Gasteiger partial charge on any atom is 0.434 e. The van der Waals surface area contributed by atoms with Crippen molar-refractivity contribution in [3.8, 4) is 0 Å². The number of nitrogens with one attached hydrogen (secondary N) is 1. The largest absolute Gasteiger partial charge is 0.434 e. The molecule has 1 heterocycles. The number of nitrogens with zero attached hydrogens (tertiary/aromatic N) is 3. The molecule has 0 saturated carbocycles. The summed E-state index contributed by atoms with van der Waals surface area (Å²) in [5.74, 6) is -1.00. The van der Waals surface area contributed by atoms with Gasteiger partial charge in [-0.15, -0.1) is 0 Å². The standard InChI is InChI=1S/C12H8BrF3N4O3/c1-19-10(12(14,15)16)8(13)9(18-19)11(21)17-6-4-2-3-5-7(6)20(22)23/h2-5H,1H3,(H,17,21). The van der Waals surface area contributed by atoms with Crippen molar-refractivity contribution in [2.24, 2.45) is 7.05 Å². The van der Waals surface area contributed by atoms with E-state index in [1.807, 2.05) is 0 Å². The Morgan fingerprint density at radius 3 is 2.52 bits per heavy atom. The first-order valence-corrected chi connectivity index (χ1v) is 6.76. The lowest BCUT2D eigenvalue weighted by Crippen LogP contribution is -2.14. The molecule has 0 unspecified atom stereocenters. The molecule has 1 aromatic carbocycles. The van der Waals surface area contributed by atoms with Crippen LogP contribution in [-0.4, -0.2) is 20.6 Å². The van der Waals surface area contributed by atoms with Gasteiger partial charge in [-0.2, -0.15) is 18.3 Å². The molecule has 0 aliphatic carbocycles. The number of carbonyl (C=O) groups excluding carboxylic acids is 1. The average Bonchev–Trinajstić information content (AvgIpc) is 2.74. The van der Waals surface area contributed by atoms with E-state index in [0.29, 0.717) is 4.68 Å². The number of aromatic nitrogens is 2. The van der Waals surface area contributed by atoms with Crippen LogP contribution in [0.15, 0.2) is 28.7 Å². The van der Waals surface area contributed by atoms with Crippen molar-refractivity contribution in [2.45, 2.75) is 6.18 Å². The number of aryl methyl sites for hydroxylation is 1. The summed E-state index contributed by atoms with van der Waals surface area (Å²) in [6.45, 7) is 0. The SMILES string of the molecule is Cn1nc(C(=O)Nc2ccccc2[N+](=O)[O-])c(Br)c1C(F)(F)F. The molecule has 1 aromatic heterocycles. The topological polar surface area (TPSA) is 90.1 Å². The molecular formula is C12H8BrF3N4O3. The van der Waals surface area contributed by atoms with Crippen molar-refractivity contribution in [1.29, 1.82) is 0 Å². The van der Waals surface area contributed by atoms with Crippen LogP contribution in [0, 0.1) is 10.1 Å². The van der Waals surface area contributed by atoms with E-state index >= 15 is 0 Å². The maximum atomic E-state index is 12.9. The summed E-state index contributed by atoms with van der Waals surface area (Å²) >= 11 is 2.70.